The highest BCUT2D eigenvalue weighted by atomic mass is 32.2. The van der Waals surface area contributed by atoms with Crippen molar-refractivity contribution in [1.82, 2.24) is 9.62 Å². The van der Waals surface area contributed by atoms with E-state index < -0.39 is 10.0 Å². The summed E-state index contributed by atoms with van der Waals surface area (Å²) in [6.07, 6.45) is 0. The molecule has 1 saturated heterocycles. The predicted molar refractivity (Wildman–Crippen MR) is 115 cm³/mol. The van der Waals surface area contributed by atoms with Crippen molar-refractivity contribution >= 4 is 10.0 Å². The van der Waals surface area contributed by atoms with Crippen molar-refractivity contribution in [3.63, 3.8) is 0 Å². The van der Waals surface area contributed by atoms with E-state index in [4.69, 9.17) is 14.2 Å². The van der Waals surface area contributed by atoms with Crippen molar-refractivity contribution in [3.05, 3.63) is 59.7 Å². The van der Waals surface area contributed by atoms with Crippen LogP contribution in [-0.2, 0) is 32.6 Å². The zero-order chi connectivity index (χ0) is 21.2. The summed E-state index contributed by atoms with van der Waals surface area (Å²) in [5.74, 6) is 0.615. The molecular weight excluding hydrogens is 404 g/mol. The zero-order valence-corrected chi connectivity index (χ0v) is 18.2. The number of rotatable bonds is 11. The van der Waals surface area contributed by atoms with Crippen molar-refractivity contribution in [2.45, 2.75) is 24.9 Å². The monoisotopic (exact) mass is 434 g/mol. The van der Waals surface area contributed by atoms with Gasteiger partial charge in [-0.2, -0.15) is 0 Å². The number of sulfonamides is 1. The molecule has 1 heterocycles. The molecule has 2 aromatic rings. The molecule has 2 aromatic carbocycles. The maximum absolute atomic E-state index is 12.6. The van der Waals surface area contributed by atoms with Crippen LogP contribution in [0, 0.1) is 0 Å². The molecule has 1 fully saturated rings. The first-order valence-corrected chi connectivity index (χ1v) is 11.7. The van der Waals surface area contributed by atoms with Crippen LogP contribution in [0.1, 0.15) is 18.1 Å². The number of morpholine rings is 1. The van der Waals surface area contributed by atoms with Gasteiger partial charge in [-0.05, 0) is 42.3 Å². The van der Waals surface area contributed by atoms with E-state index in [2.05, 4.69) is 15.7 Å². The summed E-state index contributed by atoms with van der Waals surface area (Å²) in [5, 5.41) is 0. The summed E-state index contributed by atoms with van der Waals surface area (Å²) in [6.45, 7) is 7.94. The van der Waals surface area contributed by atoms with E-state index >= 15 is 0 Å². The van der Waals surface area contributed by atoms with Crippen molar-refractivity contribution < 1.29 is 22.6 Å². The summed E-state index contributed by atoms with van der Waals surface area (Å²) >= 11 is 0. The Balaban J connectivity index is 1.53. The van der Waals surface area contributed by atoms with Gasteiger partial charge in [0.15, 0.2) is 0 Å². The lowest BCUT2D eigenvalue weighted by atomic mass is 10.1. The summed E-state index contributed by atoms with van der Waals surface area (Å²) in [7, 11) is -3.60. The predicted octanol–water partition coefficient (Wildman–Crippen LogP) is 2.41. The van der Waals surface area contributed by atoms with E-state index in [1.165, 1.54) is 5.56 Å². The Morgan fingerprint density at radius 3 is 2.50 bits per heavy atom. The van der Waals surface area contributed by atoms with Gasteiger partial charge < -0.3 is 14.2 Å². The van der Waals surface area contributed by atoms with Crippen LogP contribution in [0.15, 0.2) is 53.4 Å². The molecule has 1 aliphatic rings. The lowest BCUT2D eigenvalue weighted by Crippen LogP contribution is -2.35. The summed E-state index contributed by atoms with van der Waals surface area (Å²) in [5.41, 5.74) is 2.10. The summed E-state index contributed by atoms with van der Waals surface area (Å²) in [6, 6.07) is 14.4. The SMILES string of the molecule is CCOCCOc1ccc(S(=O)(=O)NCc2cccc(CN3CCOCC3)c2)cc1. The molecule has 8 heteroatoms. The van der Waals surface area contributed by atoms with E-state index in [1.807, 2.05) is 25.1 Å². The third-order valence-corrected chi connectivity index (χ3v) is 6.22. The van der Waals surface area contributed by atoms with E-state index in [9.17, 15) is 8.42 Å². The molecule has 164 valence electrons. The molecule has 0 amide bonds. The molecular formula is C22H30N2O5S. The Morgan fingerprint density at radius 1 is 1.03 bits per heavy atom. The Labute approximate surface area is 179 Å². The fourth-order valence-corrected chi connectivity index (χ4v) is 4.21. The maximum Gasteiger partial charge on any atom is 0.240 e. The van der Waals surface area contributed by atoms with Crippen molar-refractivity contribution in [3.8, 4) is 5.75 Å². The number of benzene rings is 2. The molecule has 0 bridgehead atoms. The average Bonchev–Trinajstić information content (AvgIpc) is 2.77. The van der Waals surface area contributed by atoms with Crippen LogP contribution in [-0.4, -0.2) is 59.4 Å². The highest BCUT2D eigenvalue weighted by molar-refractivity contribution is 7.89. The van der Waals surface area contributed by atoms with Crippen LogP contribution < -0.4 is 9.46 Å². The van der Waals surface area contributed by atoms with Gasteiger partial charge in [0.1, 0.15) is 12.4 Å². The van der Waals surface area contributed by atoms with E-state index in [-0.39, 0.29) is 11.4 Å². The van der Waals surface area contributed by atoms with Crippen molar-refractivity contribution in [2.75, 3.05) is 46.1 Å². The Hall–Kier alpha value is -1.97. The molecule has 0 saturated carbocycles. The number of hydrogen-bond acceptors (Lipinski definition) is 6. The number of hydrogen-bond donors (Lipinski definition) is 1. The molecule has 30 heavy (non-hydrogen) atoms. The molecule has 0 spiro atoms. The van der Waals surface area contributed by atoms with E-state index in [1.54, 1.807) is 24.3 Å². The first-order valence-electron chi connectivity index (χ1n) is 10.2. The van der Waals surface area contributed by atoms with Crippen LogP contribution >= 0.6 is 0 Å². The van der Waals surface area contributed by atoms with Gasteiger partial charge in [-0.1, -0.05) is 24.3 Å². The normalized spacial score (nSPS) is 15.2. The molecule has 3 rings (SSSR count). The Bertz CT molecular complexity index is 881. The van der Waals surface area contributed by atoms with Gasteiger partial charge in [0.25, 0.3) is 0 Å². The molecule has 0 aliphatic carbocycles. The quantitative estimate of drug-likeness (QED) is 0.548. The van der Waals surface area contributed by atoms with Gasteiger partial charge in [-0.3, -0.25) is 4.90 Å². The number of nitrogens with one attached hydrogen (secondary N) is 1. The minimum atomic E-state index is -3.60. The van der Waals surface area contributed by atoms with Gasteiger partial charge in [0.05, 0.1) is 24.7 Å². The molecule has 0 radical (unpaired) electrons. The van der Waals surface area contributed by atoms with Crippen molar-refractivity contribution in [1.29, 1.82) is 0 Å². The summed E-state index contributed by atoms with van der Waals surface area (Å²) in [4.78, 5) is 2.55. The molecule has 0 atom stereocenters. The molecule has 0 unspecified atom stereocenters. The van der Waals surface area contributed by atoms with Gasteiger partial charge in [0.2, 0.25) is 10.0 Å². The third-order valence-electron chi connectivity index (χ3n) is 4.80. The highest BCUT2D eigenvalue weighted by Gasteiger charge is 2.15. The second-order valence-electron chi connectivity index (χ2n) is 7.05. The van der Waals surface area contributed by atoms with Crippen LogP contribution in [0.3, 0.4) is 0 Å². The van der Waals surface area contributed by atoms with Gasteiger partial charge in [0, 0.05) is 32.8 Å². The van der Waals surface area contributed by atoms with Gasteiger partial charge >= 0.3 is 0 Å². The third kappa shape index (κ3) is 7.07. The zero-order valence-electron chi connectivity index (χ0n) is 17.4. The first-order chi connectivity index (χ1) is 14.6. The lowest BCUT2D eigenvalue weighted by Gasteiger charge is -2.26. The fourth-order valence-electron chi connectivity index (χ4n) is 3.19. The minimum absolute atomic E-state index is 0.212. The second-order valence-corrected chi connectivity index (χ2v) is 8.82. The largest absolute Gasteiger partial charge is 0.491 e. The highest BCUT2D eigenvalue weighted by Crippen LogP contribution is 2.17. The van der Waals surface area contributed by atoms with Crippen LogP contribution in [0.2, 0.25) is 0 Å². The Morgan fingerprint density at radius 2 is 1.77 bits per heavy atom. The van der Waals surface area contributed by atoms with Crippen LogP contribution in [0.25, 0.3) is 0 Å². The topological polar surface area (TPSA) is 77.1 Å². The van der Waals surface area contributed by atoms with Crippen LogP contribution in [0.4, 0.5) is 0 Å². The standard InChI is InChI=1S/C22H30N2O5S/c1-2-27-14-15-29-21-6-8-22(9-7-21)30(25,26)23-17-19-4-3-5-20(16-19)18-24-10-12-28-13-11-24/h3-9,16,23H,2,10-15,17-18H2,1H3. The van der Waals surface area contributed by atoms with E-state index in [0.717, 1.165) is 38.4 Å². The van der Waals surface area contributed by atoms with Crippen molar-refractivity contribution in [2.24, 2.45) is 0 Å². The Kier molecular flexibility index (Phi) is 8.65. The second kappa shape index (κ2) is 11.4. The van der Waals surface area contributed by atoms with E-state index in [0.29, 0.717) is 25.6 Å². The number of nitrogens with zero attached hydrogens (tertiary/aromatic N) is 1. The van der Waals surface area contributed by atoms with Gasteiger partial charge in [-0.15, -0.1) is 0 Å². The summed E-state index contributed by atoms with van der Waals surface area (Å²) < 4.78 is 44.1. The molecule has 1 N–H and O–H groups in total. The molecule has 0 aromatic heterocycles. The van der Waals surface area contributed by atoms with Crippen LogP contribution in [0.5, 0.6) is 5.75 Å². The lowest BCUT2D eigenvalue weighted by molar-refractivity contribution is 0.0342. The van der Waals surface area contributed by atoms with Gasteiger partial charge in [-0.25, -0.2) is 13.1 Å². The maximum atomic E-state index is 12.6. The molecule has 7 nitrogen and oxygen atoms in total. The minimum Gasteiger partial charge on any atom is -0.491 e. The number of ether oxygens (including phenoxy) is 3. The smallest absolute Gasteiger partial charge is 0.240 e. The fraction of sp³-hybridized carbons (Fsp3) is 0.455. The average molecular weight is 435 g/mol. The first kappa shape index (κ1) is 22.7. The molecule has 1 aliphatic heterocycles.